The van der Waals surface area contributed by atoms with E-state index in [4.69, 9.17) is 0 Å². The maximum Gasteiger partial charge on any atom is 0.0782 e. The van der Waals surface area contributed by atoms with Gasteiger partial charge in [0.05, 0.1) is 22.2 Å². The van der Waals surface area contributed by atoms with E-state index in [1.54, 1.807) is 0 Å². The molecule has 11 aromatic rings. The van der Waals surface area contributed by atoms with Crippen LogP contribution < -0.4 is 4.90 Å². The molecule has 9 aromatic carbocycles. The molecule has 0 saturated carbocycles. The fourth-order valence-corrected chi connectivity index (χ4v) is 11.0. The Morgan fingerprint density at radius 2 is 0.983 bits per heavy atom. The third kappa shape index (κ3) is 4.59. The highest BCUT2D eigenvalue weighted by Crippen LogP contribution is 2.51. The topological polar surface area (TPSA) is 7.65 Å². The van der Waals surface area contributed by atoms with E-state index in [2.05, 4.69) is 217 Å². The molecule has 0 fully saturated rings. The second kappa shape index (κ2) is 12.3. The van der Waals surface area contributed by atoms with Crippen molar-refractivity contribution in [3.8, 4) is 44.5 Å². The molecule has 0 amide bonds. The summed E-state index contributed by atoms with van der Waals surface area (Å²) in [6, 6.07) is 72.5. The van der Waals surface area contributed by atoms with Crippen LogP contribution in [0.3, 0.4) is 0 Å². The van der Waals surface area contributed by atoms with Gasteiger partial charge in [0.2, 0.25) is 0 Å². The minimum atomic E-state index is -0.0123. The number of aromatic nitrogens is 1. The fourth-order valence-electron chi connectivity index (χ4n) is 11.0. The predicted octanol–water partition coefficient (Wildman–Crippen LogP) is 15.5. The zero-order chi connectivity index (χ0) is 39.7. The molecule has 0 N–H and O–H groups in total. The van der Waals surface area contributed by atoms with E-state index in [1.165, 1.54) is 105 Å². The molecule has 0 spiro atoms. The third-order valence-electron chi connectivity index (χ3n) is 13.8. The van der Waals surface area contributed by atoms with Gasteiger partial charge in [0, 0.05) is 38.3 Å². The summed E-state index contributed by atoms with van der Waals surface area (Å²) < 4.78 is 2.51. The molecule has 2 heteroatoms. The van der Waals surface area contributed by atoms with Crippen LogP contribution >= 0.6 is 0 Å². The van der Waals surface area contributed by atoms with Crippen LogP contribution in [0.5, 0.6) is 0 Å². The first-order valence-electron chi connectivity index (χ1n) is 21.1. The molecular formula is C58H40N2. The first-order valence-corrected chi connectivity index (χ1v) is 21.1. The Labute approximate surface area is 349 Å². The lowest BCUT2D eigenvalue weighted by atomic mass is 9.82. The Hall–Kier alpha value is -7.42. The SMILES string of the molecule is CC1(C)c2ccccc2-c2cc(-c3ccc(N(c4ccc(-c5cccc6c5-c5ccccc5C6)cc4)c4cccc5c6cccc7c8ccccc8n(c45)c76)cc3)ccc21. The van der Waals surface area contributed by atoms with Gasteiger partial charge in [0.15, 0.2) is 0 Å². The molecule has 0 aliphatic heterocycles. The van der Waals surface area contributed by atoms with Gasteiger partial charge in [-0.05, 0) is 116 Å². The molecule has 0 saturated heterocycles. The summed E-state index contributed by atoms with van der Waals surface area (Å²) in [7, 11) is 0. The summed E-state index contributed by atoms with van der Waals surface area (Å²) in [5, 5.41) is 5.12. The second-order valence-corrected chi connectivity index (χ2v) is 17.3. The van der Waals surface area contributed by atoms with Gasteiger partial charge in [-0.2, -0.15) is 0 Å². The first kappa shape index (κ1) is 33.5. The quantitative estimate of drug-likeness (QED) is 0.169. The summed E-state index contributed by atoms with van der Waals surface area (Å²) in [5.41, 5.74) is 23.1. The monoisotopic (exact) mass is 764 g/mol. The van der Waals surface area contributed by atoms with Crippen molar-refractivity contribution in [3.63, 3.8) is 0 Å². The molecule has 13 rings (SSSR count). The summed E-state index contributed by atoms with van der Waals surface area (Å²) in [6.45, 7) is 4.69. The largest absolute Gasteiger partial charge is 0.308 e. The molecule has 2 heterocycles. The van der Waals surface area contributed by atoms with Crippen molar-refractivity contribution in [2.24, 2.45) is 0 Å². The summed E-state index contributed by atoms with van der Waals surface area (Å²) in [6.07, 6.45) is 0.987. The highest BCUT2D eigenvalue weighted by atomic mass is 15.2. The zero-order valence-electron chi connectivity index (χ0n) is 33.6. The zero-order valence-corrected chi connectivity index (χ0v) is 33.6. The highest BCUT2D eigenvalue weighted by Gasteiger charge is 2.35. The summed E-state index contributed by atoms with van der Waals surface area (Å²) in [5.74, 6) is 0. The highest BCUT2D eigenvalue weighted by molar-refractivity contribution is 6.25. The number of anilines is 3. The lowest BCUT2D eigenvalue weighted by molar-refractivity contribution is 0.660. The van der Waals surface area contributed by atoms with Gasteiger partial charge in [-0.1, -0.05) is 166 Å². The van der Waals surface area contributed by atoms with Crippen LogP contribution in [0.2, 0.25) is 0 Å². The van der Waals surface area contributed by atoms with Crippen molar-refractivity contribution in [2.75, 3.05) is 4.90 Å². The molecule has 0 bridgehead atoms. The van der Waals surface area contributed by atoms with Crippen LogP contribution in [0, 0.1) is 0 Å². The second-order valence-electron chi connectivity index (χ2n) is 17.3. The summed E-state index contributed by atoms with van der Waals surface area (Å²) >= 11 is 0. The Morgan fingerprint density at radius 1 is 0.417 bits per heavy atom. The van der Waals surface area contributed by atoms with Crippen molar-refractivity contribution in [3.05, 3.63) is 216 Å². The number of para-hydroxylation sites is 3. The van der Waals surface area contributed by atoms with Crippen molar-refractivity contribution >= 4 is 55.2 Å². The minimum Gasteiger partial charge on any atom is -0.308 e. The van der Waals surface area contributed by atoms with Gasteiger partial charge in [0.1, 0.15) is 0 Å². The minimum absolute atomic E-state index is 0.0123. The van der Waals surface area contributed by atoms with Crippen LogP contribution in [0.4, 0.5) is 17.1 Å². The van der Waals surface area contributed by atoms with E-state index in [0.717, 1.165) is 23.5 Å². The van der Waals surface area contributed by atoms with E-state index < -0.39 is 0 Å². The van der Waals surface area contributed by atoms with E-state index in [9.17, 15) is 0 Å². The lowest BCUT2D eigenvalue weighted by Crippen LogP contribution is -2.14. The molecule has 0 radical (unpaired) electrons. The molecule has 2 nitrogen and oxygen atoms in total. The van der Waals surface area contributed by atoms with E-state index in [0.29, 0.717) is 0 Å². The molecule has 0 unspecified atom stereocenters. The van der Waals surface area contributed by atoms with Crippen molar-refractivity contribution in [2.45, 2.75) is 25.7 Å². The van der Waals surface area contributed by atoms with Crippen LogP contribution in [0.1, 0.15) is 36.1 Å². The average Bonchev–Trinajstić information content (AvgIpc) is 4.02. The van der Waals surface area contributed by atoms with Gasteiger partial charge >= 0.3 is 0 Å². The van der Waals surface area contributed by atoms with E-state index in [1.807, 2.05) is 0 Å². The number of nitrogens with zero attached hydrogens (tertiary/aromatic N) is 2. The van der Waals surface area contributed by atoms with E-state index in [-0.39, 0.29) is 5.41 Å². The smallest absolute Gasteiger partial charge is 0.0782 e. The molecule has 2 aromatic heterocycles. The lowest BCUT2D eigenvalue weighted by Gasteiger charge is -2.27. The Morgan fingerprint density at radius 3 is 1.80 bits per heavy atom. The standard InChI is InChI=1S/C58H40N2/c1-58(2)51-21-7-5-15-45(51)50-35-38(28-33-52(50)58)36-24-29-41(30-25-36)59(42-31-26-37(27-32-42)43-17-9-13-40-34-39-12-3-4-14-44(39)55(40)43)54-23-11-20-49-48-19-10-18-47-46-16-6-8-22-53(46)60(56(47)48)57(49)54/h3-33,35H,34H2,1-2H3. The van der Waals surface area contributed by atoms with Gasteiger partial charge in [-0.15, -0.1) is 0 Å². The number of hydrogen-bond donors (Lipinski definition) is 0. The van der Waals surface area contributed by atoms with Crippen molar-refractivity contribution in [1.82, 2.24) is 4.40 Å². The third-order valence-corrected chi connectivity index (χ3v) is 13.8. The van der Waals surface area contributed by atoms with Gasteiger partial charge < -0.3 is 9.30 Å². The first-order chi connectivity index (χ1) is 29.5. The number of hydrogen-bond acceptors (Lipinski definition) is 1. The predicted molar refractivity (Wildman–Crippen MR) is 252 cm³/mol. The fraction of sp³-hybridized carbons (Fsp3) is 0.0690. The number of rotatable bonds is 5. The number of fused-ring (bicyclic) bond motifs is 12. The Kier molecular flexibility index (Phi) is 6.88. The maximum atomic E-state index is 2.51. The Balaban J connectivity index is 0.987. The van der Waals surface area contributed by atoms with Gasteiger partial charge in [0.25, 0.3) is 0 Å². The molecule has 282 valence electrons. The van der Waals surface area contributed by atoms with Crippen molar-refractivity contribution < 1.29 is 0 Å². The maximum absolute atomic E-state index is 2.51. The van der Waals surface area contributed by atoms with Crippen LogP contribution in [-0.2, 0) is 11.8 Å². The van der Waals surface area contributed by atoms with Crippen molar-refractivity contribution in [1.29, 1.82) is 0 Å². The molecule has 0 atom stereocenters. The molecule has 2 aliphatic rings. The summed E-state index contributed by atoms with van der Waals surface area (Å²) in [4.78, 5) is 2.46. The van der Waals surface area contributed by atoms with Crippen LogP contribution in [0.25, 0.3) is 82.6 Å². The molecule has 60 heavy (non-hydrogen) atoms. The Bertz CT molecular complexity index is 3530. The average molecular weight is 765 g/mol. The normalized spacial score (nSPS) is 13.6. The van der Waals surface area contributed by atoms with E-state index >= 15 is 0 Å². The van der Waals surface area contributed by atoms with Crippen LogP contribution in [0.15, 0.2) is 194 Å². The van der Waals surface area contributed by atoms with Gasteiger partial charge in [-0.25, -0.2) is 0 Å². The molecular weight excluding hydrogens is 725 g/mol. The number of benzene rings is 9. The van der Waals surface area contributed by atoms with Gasteiger partial charge in [-0.3, -0.25) is 0 Å². The van der Waals surface area contributed by atoms with Crippen LogP contribution in [-0.4, -0.2) is 4.40 Å². The molecule has 2 aliphatic carbocycles.